The van der Waals surface area contributed by atoms with Crippen LogP contribution in [-0.4, -0.2) is 22.1 Å². The molecule has 0 bridgehead atoms. The molecule has 0 amide bonds. The summed E-state index contributed by atoms with van der Waals surface area (Å²) in [5, 5.41) is 17.8. The molecular formula is C8H14O3. The zero-order valence-corrected chi connectivity index (χ0v) is 6.87. The molecule has 0 aromatic carbocycles. The van der Waals surface area contributed by atoms with Gasteiger partial charge in [-0.15, -0.1) is 0 Å². The van der Waals surface area contributed by atoms with Crippen molar-refractivity contribution >= 4 is 0 Å². The van der Waals surface area contributed by atoms with Gasteiger partial charge in [-0.3, -0.25) is 0 Å². The Morgan fingerprint density at radius 3 is 2.64 bits per heavy atom. The van der Waals surface area contributed by atoms with Crippen molar-refractivity contribution in [1.82, 2.24) is 0 Å². The molecule has 0 fully saturated rings. The summed E-state index contributed by atoms with van der Waals surface area (Å²) < 4.78 is 5.18. The maximum absolute atomic E-state index is 8.92. The molecule has 1 unspecified atom stereocenters. The highest BCUT2D eigenvalue weighted by molar-refractivity contribution is 5.01. The number of rotatable bonds is 1. The van der Waals surface area contributed by atoms with Crippen LogP contribution in [0.5, 0.6) is 0 Å². The third-order valence-corrected chi connectivity index (χ3v) is 2.09. The topological polar surface area (TPSA) is 49.7 Å². The van der Waals surface area contributed by atoms with Crippen LogP contribution in [0.1, 0.15) is 26.7 Å². The van der Waals surface area contributed by atoms with Gasteiger partial charge in [0.1, 0.15) is 0 Å². The molecule has 3 heteroatoms. The predicted octanol–water partition coefficient (Wildman–Crippen LogP) is 0.770. The van der Waals surface area contributed by atoms with Crippen LogP contribution in [0.4, 0.5) is 0 Å². The normalized spacial score (nSPS) is 31.5. The molecule has 3 nitrogen and oxygen atoms in total. The third-order valence-electron chi connectivity index (χ3n) is 2.09. The molecule has 1 rings (SSSR count). The number of aliphatic hydroxyl groups is 2. The number of allylic oxidation sites excluding steroid dienone is 1. The van der Waals surface area contributed by atoms with Crippen molar-refractivity contribution in [3.8, 4) is 0 Å². The molecule has 1 heterocycles. The summed E-state index contributed by atoms with van der Waals surface area (Å²) in [6.07, 6.45) is 1.73. The first kappa shape index (κ1) is 8.56. The molecule has 2 N–H and O–H groups in total. The van der Waals surface area contributed by atoms with Crippen molar-refractivity contribution in [3.05, 3.63) is 11.8 Å². The Hall–Kier alpha value is -0.540. The lowest BCUT2D eigenvalue weighted by Crippen LogP contribution is -2.42. The van der Waals surface area contributed by atoms with Crippen LogP contribution in [0.15, 0.2) is 11.8 Å². The molecule has 0 spiro atoms. The van der Waals surface area contributed by atoms with Gasteiger partial charge in [0.05, 0.1) is 6.26 Å². The Balaban J connectivity index is 2.64. The number of ether oxygens (including phenoxy) is 1. The van der Waals surface area contributed by atoms with E-state index in [0.717, 1.165) is 12.0 Å². The largest absolute Gasteiger partial charge is 0.490 e. The lowest BCUT2D eigenvalue weighted by atomic mass is 9.95. The minimum absolute atomic E-state index is 0.660. The van der Waals surface area contributed by atoms with Crippen LogP contribution in [0.3, 0.4) is 0 Å². The zero-order chi connectivity index (χ0) is 8.48. The SMILES string of the molecule is CC1=COC(C)(C(O)O)CC1. The van der Waals surface area contributed by atoms with Gasteiger partial charge in [0, 0.05) is 0 Å². The van der Waals surface area contributed by atoms with Gasteiger partial charge in [-0.2, -0.15) is 0 Å². The zero-order valence-electron chi connectivity index (χ0n) is 6.87. The van der Waals surface area contributed by atoms with E-state index in [9.17, 15) is 0 Å². The lowest BCUT2D eigenvalue weighted by Gasteiger charge is -2.33. The molecule has 0 saturated carbocycles. The molecule has 0 saturated heterocycles. The average molecular weight is 158 g/mol. The highest BCUT2D eigenvalue weighted by Crippen LogP contribution is 2.28. The number of hydrogen-bond acceptors (Lipinski definition) is 3. The van der Waals surface area contributed by atoms with E-state index < -0.39 is 11.9 Å². The summed E-state index contributed by atoms with van der Waals surface area (Å²) in [7, 11) is 0. The molecule has 1 atom stereocenters. The second-order valence-electron chi connectivity index (χ2n) is 3.27. The minimum Gasteiger partial charge on any atom is -0.490 e. The van der Waals surface area contributed by atoms with Gasteiger partial charge >= 0.3 is 0 Å². The first-order valence-electron chi connectivity index (χ1n) is 3.74. The van der Waals surface area contributed by atoms with E-state index in [1.54, 1.807) is 13.2 Å². The van der Waals surface area contributed by atoms with Crippen LogP contribution >= 0.6 is 0 Å². The monoisotopic (exact) mass is 158 g/mol. The fraction of sp³-hybridized carbons (Fsp3) is 0.750. The molecular weight excluding hydrogens is 144 g/mol. The Kier molecular flexibility index (Phi) is 2.20. The predicted molar refractivity (Wildman–Crippen MR) is 40.7 cm³/mol. The van der Waals surface area contributed by atoms with Crippen LogP contribution in [0.2, 0.25) is 0 Å². The molecule has 64 valence electrons. The average Bonchev–Trinajstić information content (AvgIpc) is 1.95. The fourth-order valence-corrected chi connectivity index (χ4v) is 0.988. The van der Waals surface area contributed by atoms with E-state index >= 15 is 0 Å². The van der Waals surface area contributed by atoms with Gasteiger partial charge in [0.2, 0.25) is 0 Å². The Labute approximate surface area is 66.3 Å². The summed E-state index contributed by atoms with van der Waals surface area (Å²) in [6.45, 7) is 3.66. The summed E-state index contributed by atoms with van der Waals surface area (Å²) in [6, 6.07) is 0. The molecule has 0 radical (unpaired) electrons. The van der Waals surface area contributed by atoms with Crippen molar-refractivity contribution in [1.29, 1.82) is 0 Å². The highest BCUT2D eigenvalue weighted by atomic mass is 16.6. The van der Waals surface area contributed by atoms with Crippen molar-refractivity contribution in [2.75, 3.05) is 0 Å². The lowest BCUT2D eigenvalue weighted by molar-refractivity contribution is -0.185. The summed E-state index contributed by atoms with van der Waals surface area (Å²) >= 11 is 0. The van der Waals surface area contributed by atoms with E-state index in [4.69, 9.17) is 14.9 Å². The number of aliphatic hydroxyl groups excluding tert-OH is 1. The Morgan fingerprint density at radius 1 is 1.64 bits per heavy atom. The van der Waals surface area contributed by atoms with Gasteiger partial charge in [0.15, 0.2) is 11.9 Å². The quantitative estimate of drug-likeness (QED) is 0.554. The molecule has 11 heavy (non-hydrogen) atoms. The Morgan fingerprint density at radius 2 is 2.27 bits per heavy atom. The summed E-state index contributed by atoms with van der Waals surface area (Å²) in [5.74, 6) is 0. The standard InChI is InChI=1S/C8H14O3/c1-6-3-4-8(2,7(9)10)11-5-6/h5,7,9-10H,3-4H2,1-2H3. The first-order chi connectivity index (χ1) is 5.04. The highest BCUT2D eigenvalue weighted by Gasteiger charge is 2.34. The molecule has 1 aliphatic rings. The van der Waals surface area contributed by atoms with Gasteiger partial charge in [0.25, 0.3) is 0 Å². The molecule has 1 aliphatic heterocycles. The van der Waals surface area contributed by atoms with Gasteiger partial charge in [-0.25, -0.2) is 0 Å². The van der Waals surface area contributed by atoms with Crippen molar-refractivity contribution in [3.63, 3.8) is 0 Å². The minimum atomic E-state index is -1.40. The van der Waals surface area contributed by atoms with E-state index in [2.05, 4.69) is 0 Å². The smallest absolute Gasteiger partial charge is 0.192 e. The van der Waals surface area contributed by atoms with Crippen molar-refractivity contribution in [2.24, 2.45) is 0 Å². The molecule has 0 aromatic rings. The maximum atomic E-state index is 8.92. The maximum Gasteiger partial charge on any atom is 0.192 e. The number of hydrogen-bond donors (Lipinski definition) is 2. The molecule has 0 aliphatic carbocycles. The van der Waals surface area contributed by atoms with Crippen LogP contribution in [0.25, 0.3) is 0 Å². The van der Waals surface area contributed by atoms with Crippen LogP contribution < -0.4 is 0 Å². The molecule has 0 aromatic heterocycles. The third kappa shape index (κ3) is 1.73. The first-order valence-corrected chi connectivity index (χ1v) is 3.74. The second kappa shape index (κ2) is 2.83. The summed E-state index contributed by atoms with van der Waals surface area (Å²) in [4.78, 5) is 0. The van der Waals surface area contributed by atoms with Gasteiger partial charge in [-0.1, -0.05) is 0 Å². The van der Waals surface area contributed by atoms with Crippen molar-refractivity contribution in [2.45, 2.75) is 38.6 Å². The van der Waals surface area contributed by atoms with E-state index in [0.29, 0.717) is 6.42 Å². The van der Waals surface area contributed by atoms with Crippen LogP contribution in [0, 0.1) is 0 Å². The van der Waals surface area contributed by atoms with E-state index in [-0.39, 0.29) is 0 Å². The van der Waals surface area contributed by atoms with Gasteiger partial charge in [-0.05, 0) is 32.3 Å². The second-order valence-corrected chi connectivity index (χ2v) is 3.27. The van der Waals surface area contributed by atoms with Crippen molar-refractivity contribution < 1.29 is 14.9 Å². The van der Waals surface area contributed by atoms with Gasteiger partial charge < -0.3 is 14.9 Å². The summed E-state index contributed by atoms with van der Waals surface area (Å²) in [5.41, 5.74) is 0.336. The fourth-order valence-electron chi connectivity index (χ4n) is 0.988. The van der Waals surface area contributed by atoms with E-state index in [1.165, 1.54) is 0 Å². The van der Waals surface area contributed by atoms with E-state index in [1.807, 2.05) is 6.92 Å². The van der Waals surface area contributed by atoms with Crippen LogP contribution in [-0.2, 0) is 4.74 Å². The Bertz CT molecular complexity index is 174.